The summed E-state index contributed by atoms with van der Waals surface area (Å²) in [6.45, 7) is 2.67. The fraction of sp³-hybridized carbons (Fsp3) is 0.333. The minimum atomic E-state index is -1.89. The molecule has 2 unspecified atom stereocenters. The second-order valence-electron chi connectivity index (χ2n) is 10.9. The van der Waals surface area contributed by atoms with Gasteiger partial charge in [0.2, 0.25) is 11.1 Å². The fourth-order valence-electron chi connectivity index (χ4n) is 5.64. The normalized spacial score (nSPS) is 19.6. The smallest absolute Gasteiger partial charge is 0.313 e. The topological polar surface area (TPSA) is 105 Å². The van der Waals surface area contributed by atoms with Crippen molar-refractivity contribution >= 4 is 46.7 Å². The van der Waals surface area contributed by atoms with E-state index in [9.17, 15) is 23.6 Å². The third-order valence-corrected chi connectivity index (χ3v) is 8.49. The number of carbonyl (C=O) groups is 4. The molecule has 11 heteroatoms. The predicted octanol–water partition coefficient (Wildman–Crippen LogP) is 5.62. The second kappa shape index (κ2) is 13.2. The quantitative estimate of drug-likeness (QED) is 0.209. The summed E-state index contributed by atoms with van der Waals surface area (Å²) in [5.74, 6) is -3.33. The number of amides is 3. The Morgan fingerprint density at radius 2 is 1.73 bits per heavy atom. The number of ether oxygens (including phenoxy) is 2. The van der Waals surface area contributed by atoms with E-state index in [0.717, 1.165) is 24.5 Å². The lowest BCUT2D eigenvalue weighted by molar-refractivity contribution is -0.143. The number of aryl methyl sites for hydroxylation is 1. The van der Waals surface area contributed by atoms with Crippen LogP contribution in [0, 0.1) is 12.7 Å². The summed E-state index contributed by atoms with van der Waals surface area (Å²) in [6, 6.07) is 17.1. The van der Waals surface area contributed by atoms with Gasteiger partial charge in [0.05, 0.1) is 18.7 Å². The van der Waals surface area contributed by atoms with Crippen LogP contribution in [-0.2, 0) is 19.1 Å². The largest absolute Gasteiger partial charge is 0.469 e. The van der Waals surface area contributed by atoms with Gasteiger partial charge in [0, 0.05) is 36.3 Å². The van der Waals surface area contributed by atoms with E-state index in [4.69, 9.17) is 21.1 Å². The van der Waals surface area contributed by atoms with Crippen LogP contribution >= 0.6 is 11.6 Å². The zero-order valence-corrected chi connectivity index (χ0v) is 25.2. The Balaban J connectivity index is 1.48. The van der Waals surface area contributed by atoms with Crippen molar-refractivity contribution in [1.29, 1.82) is 0 Å². The average molecular weight is 622 g/mol. The van der Waals surface area contributed by atoms with Crippen molar-refractivity contribution in [2.75, 3.05) is 37.0 Å². The molecular formula is C33H33ClFN3O6. The number of rotatable bonds is 7. The standard InChI is InChI=1S/C33H33ClFN3O6/c1-21-7-3-4-8-25(21)30(40)36-24-12-9-22(10-13-24)31(41)38-28-14-11-23(35)19-27(28)26(32(42)43-2)15-16-33(38,34)44-20-29(39)37-17-5-6-18-37/h3-4,7-14,19,26H,5-6,15-18,20H2,1-2H3,(H,36,40). The first kappa shape index (κ1) is 31.2. The van der Waals surface area contributed by atoms with E-state index in [0.29, 0.717) is 24.3 Å². The predicted molar refractivity (Wildman–Crippen MR) is 163 cm³/mol. The Bertz CT molecular complexity index is 1580. The van der Waals surface area contributed by atoms with Gasteiger partial charge in [-0.05, 0) is 85.8 Å². The molecular weight excluding hydrogens is 589 g/mol. The van der Waals surface area contributed by atoms with Crippen molar-refractivity contribution in [2.45, 2.75) is 43.7 Å². The van der Waals surface area contributed by atoms with E-state index in [1.807, 2.05) is 19.1 Å². The maximum absolute atomic E-state index is 14.5. The van der Waals surface area contributed by atoms with Crippen molar-refractivity contribution in [3.8, 4) is 0 Å². The summed E-state index contributed by atoms with van der Waals surface area (Å²) in [4.78, 5) is 55.6. The Kier molecular flexibility index (Phi) is 9.31. The number of likely N-dealkylation sites (tertiary alicyclic amines) is 1. The molecule has 3 aromatic rings. The van der Waals surface area contributed by atoms with Crippen LogP contribution in [0.5, 0.6) is 0 Å². The number of benzene rings is 3. The summed E-state index contributed by atoms with van der Waals surface area (Å²) in [5.41, 5.74) is 2.36. The minimum absolute atomic E-state index is 0.0613. The number of methoxy groups -OCH3 is 1. The minimum Gasteiger partial charge on any atom is -0.469 e. The lowest BCUT2D eigenvalue weighted by Crippen LogP contribution is -2.51. The number of nitrogens with zero attached hydrogens (tertiary/aromatic N) is 2. The highest BCUT2D eigenvalue weighted by molar-refractivity contribution is 6.28. The van der Waals surface area contributed by atoms with Crippen molar-refractivity contribution in [3.05, 3.63) is 94.8 Å². The molecule has 1 fully saturated rings. The average Bonchev–Trinajstić information content (AvgIpc) is 3.53. The van der Waals surface area contributed by atoms with E-state index in [1.165, 1.54) is 36.3 Å². The number of alkyl halides is 1. The SMILES string of the molecule is COC(=O)C1CCC(Cl)(OCC(=O)N2CCCC2)N(C(=O)c2ccc(NC(=O)c3ccccc3C)cc2)c2ccc(F)cc21. The van der Waals surface area contributed by atoms with Crippen LogP contribution < -0.4 is 10.2 Å². The molecule has 230 valence electrons. The number of nitrogens with one attached hydrogen (secondary N) is 1. The van der Waals surface area contributed by atoms with Gasteiger partial charge in [-0.15, -0.1) is 0 Å². The fourth-order valence-corrected chi connectivity index (χ4v) is 5.98. The van der Waals surface area contributed by atoms with E-state index < -0.39 is 35.4 Å². The molecule has 5 rings (SSSR count). The summed E-state index contributed by atoms with van der Waals surface area (Å²) in [5, 5.41) is 0.938. The molecule has 2 aliphatic rings. The van der Waals surface area contributed by atoms with Crippen LogP contribution in [0.25, 0.3) is 0 Å². The van der Waals surface area contributed by atoms with E-state index in [2.05, 4.69) is 5.32 Å². The Morgan fingerprint density at radius 3 is 2.41 bits per heavy atom. The molecule has 0 spiro atoms. The molecule has 2 atom stereocenters. The third-order valence-electron chi connectivity index (χ3n) is 8.02. The van der Waals surface area contributed by atoms with Gasteiger partial charge in [0.15, 0.2) is 0 Å². The number of hydrogen-bond donors (Lipinski definition) is 1. The summed E-state index contributed by atoms with van der Waals surface area (Å²) < 4.78 is 25.6. The van der Waals surface area contributed by atoms with E-state index >= 15 is 0 Å². The number of carbonyl (C=O) groups excluding carboxylic acids is 4. The van der Waals surface area contributed by atoms with Crippen molar-refractivity contribution in [3.63, 3.8) is 0 Å². The lowest BCUT2D eigenvalue weighted by atomic mass is 9.94. The highest BCUT2D eigenvalue weighted by Crippen LogP contribution is 2.45. The van der Waals surface area contributed by atoms with Crippen molar-refractivity contribution < 1.29 is 33.0 Å². The maximum atomic E-state index is 14.5. The summed E-state index contributed by atoms with van der Waals surface area (Å²) in [7, 11) is 1.23. The molecule has 2 aliphatic heterocycles. The molecule has 0 bridgehead atoms. The van der Waals surface area contributed by atoms with Crippen molar-refractivity contribution in [1.82, 2.24) is 4.90 Å². The zero-order valence-electron chi connectivity index (χ0n) is 24.5. The summed E-state index contributed by atoms with van der Waals surface area (Å²) >= 11 is 7.11. The highest BCUT2D eigenvalue weighted by Gasteiger charge is 2.47. The van der Waals surface area contributed by atoms with Crippen LogP contribution in [0.2, 0.25) is 0 Å². The molecule has 0 aliphatic carbocycles. The van der Waals surface area contributed by atoms with Crippen molar-refractivity contribution in [2.24, 2.45) is 0 Å². The zero-order chi connectivity index (χ0) is 31.4. The number of hydrogen-bond acceptors (Lipinski definition) is 6. The van der Waals surface area contributed by atoms with Crippen LogP contribution in [0.1, 0.15) is 63.4 Å². The molecule has 0 aromatic heterocycles. The van der Waals surface area contributed by atoms with Crippen LogP contribution in [0.15, 0.2) is 66.7 Å². The van der Waals surface area contributed by atoms with Gasteiger partial charge < -0.3 is 19.7 Å². The maximum Gasteiger partial charge on any atom is 0.313 e. The molecule has 0 saturated carbocycles. The monoisotopic (exact) mass is 621 g/mol. The first-order valence-electron chi connectivity index (χ1n) is 14.4. The lowest BCUT2D eigenvalue weighted by Gasteiger charge is -2.38. The second-order valence-corrected chi connectivity index (χ2v) is 11.5. The molecule has 9 nitrogen and oxygen atoms in total. The van der Waals surface area contributed by atoms with Gasteiger partial charge in [-0.25, -0.2) is 4.39 Å². The van der Waals surface area contributed by atoms with Gasteiger partial charge >= 0.3 is 5.97 Å². The van der Waals surface area contributed by atoms with Crippen LogP contribution in [0.4, 0.5) is 15.8 Å². The van der Waals surface area contributed by atoms with E-state index in [-0.39, 0.29) is 41.5 Å². The molecule has 1 N–H and O–H groups in total. The number of esters is 1. The first-order valence-corrected chi connectivity index (χ1v) is 14.8. The van der Waals surface area contributed by atoms with Crippen LogP contribution in [0.3, 0.4) is 0 Å². The van der Waals surface area contributed by atoms with Gasteiger partial charge in [-0.1, -0.05) is 29.8 Å². The molecule has 2 heterocycles. The molecule has 3 amide bonds. The molecule has 44 heavy (non-hydrogen) atoms. The molecule has 3 aromatic carbocycles. The Labute approximate surface area is 259 Å². The third kappa shape index (κ3) is 6.46. The van der Waals surface area contributed by atoms with Gasteiger partial charge in [-0.2, -0.15) is 0 Å². The number of anilines is 2. The Hall–Kier alpha value is -4.28. The Morgan fingerprint density at radius 1 is 1.02 bits per heavy atom. The van der Waals surface area contributed by atoms with Gasteiger partial charge in [-0.3, -0.25) is 24.1 Å². The molecule has 1 saturated heterocycles. The number of fused-ring (bicyclic) bond motifs is 1. The summed E-state index contributed by atoms with van der Waals surface area (Å²) in [6.07, 6.45) is 1.79. The van der Waals surface area contributed by atoms with E-state index in [1.54, 1.807) is 29.2 Å². The van der Waals surface area contributed by atoms with Gasteiger partial charge in [0.1, 0.15) is 12.4 Å². The first-order chi connectivity index (χ1) is 21.1. The van der Waals surface area contributed by atoms with Crippen LogP contribution in [-0.4, -0.2) is 60.6 Å². The highest BCUT2D eigenvalue weighted by atomic mass is 35.5. The number of halogens is 2. The molecule has 0 radical (unpaired) electrons. The van der Waals surface area contributed by atoms with Gasteiger partial charge in [0.25, 0.3) is 11.8 Å².